The molecular formula is C22H15ClF2. The number of fused-ring (bicyclic) bond motifs is 3. The third kappa shape index (κ3) is 2.77. The fourth-order valence-corrected chi connectivity index (χ4v) is 3.35. The van der Waals surface area contributed by atoms with Gasteiger partial charge in [0.05, 0.1) is 0 Å². The second-order valence-electron chi connectivity index (χ2n) is 6.16. The minimum absolute atomic E-state index is 0.470. The Hall–Kier alpha value is -2.45. The molecule has 0 bridgehead atoms. The van der Waals surface area contributed by atoms with Gasteiger partial charge >= 0.3 is 0 Å². The predicted octanol–water partition coefficient (Wildman–Crippen LogP) is 7.15. The van der Waals surface area contributed by atoms with E-state index in [4.69, 9.17) is 11.6 Å². The average molecular weight is 353 g/mol. The van der Waals surface area contributed by atoms with Crippen molar-refractivity contribution in [2.24, 2.45) is 0 Å². The van der Waals surface area contributed by atoms with Crippen molar-refractivity contribution in [1.29, 1.82) is 0 Å². The lowest BCUT2D eigenvalue weighted by Crippen LogP contribution is -1.88. The Labute approximate surface area is 149 Å². The standard InChI is InChI=1S/C22H15ClF2/c1-2-13-3-7-18-15(9-13)4-5-16-10-14(6-8-19(16)18)17-11-20(24)22(23)21(25)12-17/h3-12H,2H2,1H3. The lowest BCUT2D eigenvalue weighted by atomic mass is 9.96. The maximum absolute atomic E-state index is 13.7. The van der Waals surface area contributed by atoms with E-state index in [0.717, 1.165) is 22.8 Å². The van der Waals surface area contributed by atoms with Crippen LogP contribution in [0.4, 0.5) is 8.78 Å². The molecule has 0 saturated carbocycles. The molecule has 3 heteroatoms. The van der Waals surface area contributed by atoms with E-state index in [0.29, 0.717) is 5.56 Å². The molecule has 4 aromatic carbocycles. The second kappa shape index (κ2) is 6.12. The summed E-state index contributed by atoms with van der Waals surface area (Å²) in [7, 11) is 0. The molecule has 0 unspecified atom stereocenters. The first-order chi connectivity index (χ1) is 12.1. The Kier molecular flexibility index (Phi) is 3.93. The fourth-order valence-electron chi connectivity index (χ4n) is 3.24. The number of benzene rings is 4. The van der Waals surface area contributed by atoms with Crippen LogP contribution < -0.4 is 0 Å². The molecule has 0 radical (unpaired) electrons. The van der Waals surface area contributed by atoms with Crippen LogP contribution in [-0.4, -0.2) is 0 Å². The largest absolute Gasteiger partial charge is 0.205 e. The summed E-state index contributed by atoms with van der Waals surface area (Å²) < 4.78 is 27.5. The van der Waals surface area contributed by atoms with Crippen molar-refractivity contribution in [2.45, 2.75) is 13.3 Å². The van der Waals surface area contributed by atoms with Crippen molar-refractivity contribution < 1.29 is 8.78 Å². The highest BCUT2D eigenvalue weighted by molar-refractivity contribution is 6.31. The second-order valence-corrected chi connectivity index (χ2v) is 6.54. The van der Waals surface area contributed by atoms with E-state index in [-0.39, 0.29) is 0 Å². The van der Waals surface area contributed by atoms with Crippen molar-refractivity contribution in [3.8, 4) is 11.1 Å². The van der Waals surface area contributed by atoms with E-state index >= 15 is 0 Å². The zero-order chi connectivity index (χ0) is 17.6. The van der Waals surface area contributed by atoms with E-state index in [2.05, 4.69) is 31.2 Å². The zero-order valence-electron chi connectivity index (χ0n) is 13.6. The molecule has 0 aliphatic heterocycles. The summed E-state index contributed by atoms with van der Waals surface area (Å²) in [6, 6.07) is 19.0. The van der Waals surface area contributed by atoms with Crippen molar-refractivity contribution in [2.75, 3.05) is 0 Å². The third-order valence-corrected chi connectivity index (χ3v) is 4.99. The summed E-state index contributed by atoms with van der Waals surface area (Å²) in [5, 5.41) is 4.06. The maximum Gasteiger partial charge on any atom is 0.145 e. The summed E-state index contributed by atoms with van der Waals surface area (Å²) in [5.74, 6) is -1.50. The molecule has 0 amide bonds. The van der Waals surface area contributed by atoms with Gasteiger partial charge in [0.1, 0.15) is 16.7 Å². The van der Waals surface area contributed by atoms with Crippen molar-refractivity contribution >= 4 is 33.1 Å². The first-order valence-corrected chi connectivity index (χ1v) is 8.55. The number of rotatable bonds is 2. The van der Waals surface area contributed by atoms with Crippen LogP contribution in [0.5, 0.6) is 0 Å². The molecule has 0 aliphatic rings. The fraction of sp³-hybridized carbons (Fsp3) is 0.0909. The number of aryl methyl sites for hydroxylation is 1. The van der Waals surface area contributed by atoms with Crippen molar-refractivity contribution in [3.05, 3.63) is 82.9 Å². The molecular weight excluding hydrogens is 338 g/mol. The highest BCUT2D eigenvalue weighted by atomic mass is 35.5. The number of hydrogen-bond acceptors (Lipinski definition) is 0. The SMILES string of the molecule is CCc1ccc2c(ccc3cc(-c4cc(F)c(Cl)c(F)c4)ccc32)c1. The van der Waals surface area contributed by atoms with Gasteiger partial charge in [0.15, 0.2) is 0 Å². The molecule has 4 rings (SSSR count). The van der Waals surface area contributed by atoms with Crippen LogP contribution in [0.25, 0.3) is 32.7 Å². The third-order valence-electron chi connectivity index (χ3n) is 4.63. The normalized spacial score (nSPS) is 11.4. The van der Waals surface area contributed by atoms with Crippen LogP contribution in [0.15, 0.2) is 60.7 Å². The Morgan fingerprint density at radius 3 is 1.96 bits per heavy atom. The molecule has 0 heterocycles. The first kappa shape index (κ1) is 16.0. The quantitative estimate of drug-likeness (QED) is 0.265. The Bertz CT molecular complexity index is 1090. The van der Waals surface area contributed by atoms with Gasteiger partial charge < -0.3 is 0 Å². The summed E-state index contributed by atoms with van der Waals surface area (Å²) >= 11 is 5.57. The van der Waals surface area contributed by atoms with Crippen LogP contribution in [0.3, 0.4) is 0 Å². The molecule has 0 saturated heterocycles. The topological polar surface area (TPSA) is 0 Å². The van der Waals surface area contributed by atoms with Gasteiger partial charge in [0, 0.05) is 0 Å². The molecule has 0 aliphatic carbocycles. The minimum Gasteiger partial charge on any atom is -0.205 e. The summed E-state index contributed by atoms with van der Waals surface area (Å²) in [6.45, 7) is 2.14. The monoisotopic (exact) mass is 352 g/mol. The molecule has 0 nitrogen and oxygen atoms in total. The summed E-state index contributed by atoms with van der Waals surface area (Å²) in [5.41, 5.74) is 2.53. The lowest BCUT2D eigenvalue weighted by Gasteiger charge is -2.09. The summed E-state index contributed by atoms with van der Waals surface area (Å²) in [4.78, 5) is 0. The van der Waals surface area contributed by atoms with E-state index < -0.39 is 16.7 Å². The Morgan fingerprint density at radius 1 is 0.720 bits per heavy atom. The van der Waals surface area contributed by atoms with Crippen molar-refractivity contribution in [3.63, 3.8) is 0 Å². The van der Waals surface area contributed by atoms with Gasteiger partial charge in [0.25, 0.3) is 0 Å². The van der Waals surface area contributed by atoms with Gasteiger partial charge in [-0.05, 0) is 62.9 Å². The van der Waals surface area contributed by atoms with Crippen molar-refractivity contribution in [1.82, 2.24) is 0 Å². The van der Waals surface area contributed by atoms with Crippen LogP contribution in [-0.2, 0) is 6.42 Å². The first-order valence-electron chi connectivity index (χ1n) is 8.17. The molecule has 0 atom stereocenters. The molecule has 25 heavy (non-hydrogen) atoms. The van der Waals surface area contributed by atoms with E-state index in [1.54, 1.807) is 0 Å². The van der Waals surface area contributed by atoms with Gasteiger partial charge in [-0.2, -0.15) is 0 Å². The average Bonchev–Trinajstić information content (AvgIpc) is 2.64. The van der Waals surface area contributed by atoms with Gasteiger partial charge in [-0.25, -0.2) is 8.78 Å². The molecule has 124 valence electrons. The highest BCUT2D eigenvalue weighted by Crippen LogP contribution is 2.32. The maximum atomic E-state index is 13.7. The van der Waals surface area contributed by atoms with Gasteiger partial charge in [-0.1, -0.05) is 61.0 Å². The highest BCUT2D eigenvalue weighted by Gasteiger charge is 2.11. The van der Waals surface area contributed by atoms with Crippen LogP contribution in [0.1, 0.15) is 12.5 Å². The number of halogens is 3. The number of hydrogen-bond donors (Lipinski definition) is 0. The van der Waals surface area contributed by atoms with E-state index in [1.165, 1.54) is 28.5 Å². The van der Waals surface area contributed by atoms with E-state index in [9.17, 15) is 8.78 Å². The van der Waals surface area contributed by atoms with E-state index in [1.807, 2.05) is 24.3 Å². The Morgan fingerprint density at radius 2 is 1.32 bits per heavy atom. The van der Waals surface area contributed by atoms with Crippen LogP contribution in [0.2, 0.25) is 5.02 Å². The molecule has 4 aromatic rings. The molecule has 0 spiro atoms. The molecule has 0 aromatic heterocycles. The Balaban J connectivity index is 1.90. The smallest absolute Gasteiger partial charge is 0.145 e. The molecule has 0 N–H and O–H groups in total. The predicted molar refractivity (Wildman–Crippen MR) is 101 cm³/mol. The lowest BCUT2D eigenvalue weighted by molar-refractivity contribution is 0.585. The van der Waals surface area contributed by atoms with Crippen LogP contribution >= 0.6 is 11.6 Å². The van der Waals surface area contributed by atoms with Gasteiger partial charge in [-0.15, -0.1) is 0 Å². The zero-order valence-corrected chi connectivity index (χ0v) is 14.4. The summed E-state index contributed by atoms with van der Waals surface area (Å²) in [6.07, 6.45) is 1.00. The molecule has 0 fully saturated rings. The van der Waals surface area contributed by atoms with Gasteiger partial charge in [0.2, 0.25) is 0 Å². The van der Waals surface area contributed by atoms with Gasteiger partial charge in [-0.3, -0.25) is 0 Å². The minimum atomic E-state index is -0.748. The van der Waals surface area contributed by atoms with Crippen LogP contribution in [0, 0.1) is 11.6 Å².